The maximum Gasteiger partial charge on any atom is 0.319 e. The zero-order valence-corrected chi connectivity index (χ0v) is 15.2. The summed E-state index contributed by atoms with van der Waals surface area (Å²) in [6, 6.07) is 10.8. The van der Waals surface area contributed by atoms with Gasteiger partial charge in [0.05, 0.1) is 11.5 Å². The van der Waals surface area contributed by atoms with E-state index in [0.29, 0.717) is 25.3 Å². The summed E-state index contributed by atoms with van der Waals surface area (Å²) in [7, 11) is -2.91. The normalized spacial score (nSPS) is 18.6. The molecule has 3 rings (SSSR count). The van der Waals surface area contributed by atoms with Gasteiger partial charge in [-0.3, -0.25) is 0 Å². The van der Waals surface area contributed by atoms with Crippen molar-refractivity contribution in [2.75, 3.05) is 23.4 Å². The molecule has 6 nitrogen and oxygen atoms in total. The summed E-state index contributed by atoms with van der Waals surface area (Å²) >= 11 is 1.64. The van der Waals surface area contributed by atoms with Crippen molar-refractivity contribution in [3.05, 3.63) is 46.7 Å². The Hall–Kier alpha value is -2.06. The van der Waals surface area contributed by atoms with Crippen molar-refractivity contribution in [3.63, 3.8) is 0 Å². The highest BCUT2D eigenvalue weighted by atomic mass is 32.2. The van der Waals surface area contributed by atoms with Gasteiger partial charge in [-0.2, -0.15) is 0 Å². The number of benzene rings is 1. The second-order valence-corrected chi connectivity index (χ2v) is 9.26. The Kier molecular flexibility index (Phi) is 5.60. The van der Waals surface area contributed by atoms with Gasteiger partial charge in [0.1, 0.15) is 12.4 Å². The summed E-state index contributed by atoms with van der Waals surface area (Å²) in [6.45, 7) is 0.891. The highest BCUT2D eigenvalue weighted by molar-refractivity contribution is 7.91. The van der Waals surface area contributed by atoms with Crippen LogP contribution in [0.5, 0.6) is 5.75 Å². The van der Waals surface area contributed by atoms with Crippen LogP contribution < -0.4 is 15.4 Å². The van der Waals surface area contributed by atoms with Crippen molar-refractivity contribution >= 4 is 32.9 Å². The molecule has 0 spiro atoms. The molecule has 2 aromatic rings. The van der Waals surface area contributed by atoms with Crippen molar-refractivity contribution in [2.24, 2.45) is 5.92 Å². The minimum Gasteiger partial charge on any atom is -0.488 e. The Morgan fingerprint density at radius 2 is 2.04 bits per heavy atom. The molecular weight excluding hydrogens is 360 g/mol. The van der Waals surface area contributed by atoms with Gasteiger partial charge in [0, 0.05) is 17.1 Å². The van der Waals surface area contributed by atoms with Crippen LogP contribution in [0.15, 0.2) is 41.8 Å². The molecule has 1 aliphatic rings. The molecule has 25 heavy (non-hydrogen) atoms. The van der Waals surface area contributed by atoms with E-state index in [-0.39, 0.29) is 23.5 Å². The topological polar surface area (TPSA) is 84.5 Å². The van der Waals surface area contributed by atoms with Crippen LogP contribution in [0.1, 0.15) is 11.3 Å². The third kappa shape index (κ3) is 5.47. The minimum atomic E-state index is -2.91. The molecule has 1 saturated heterocycles. The molecule has 0 bridgehead atoms. The van der Waals surface area contributed by atoms with E-state index in [4.69, 9.17) is 4.74 Å². The van der Waals surface area contributed by atoms with Gasteiger partial charge in [0.15, 0.2) is 9.84 Å². The summed E-state index contributed by atoms with van der Waals surface area (Å²) in [5.41, 5.74) is 0.653. The van der Waals surface area contributed by atoms with E-state index in [1.165, 1.54) is 0 Å². The number of rotatable bonds is 6. The summed E-state index contributed by atoms with van der Waals surface area (Å²) in [6.07, 6.45) is 0.610. The SMILES string of the molecule is O=C(NCC1CCS(=O)(=O)C1)Nc1ccc(OCc2cccs2)cc1. The number of amides is 2. The predicted octanol–water partition coefficient (Wildman–Crippen LogP) is 2.88. The first-order chi connectivity index (χ1) is 12.0. The highest BCUT2D eigenvalue weighted by Gasteiger charge is 2.27. The smallest absolute Gasteiger partial charge is 0.319 e. The number of ether oxygens (including phenoxy) is 1. The molecule has 1 atom stereocenters. The van der Waals surface area contributed by atoms with Gasteiger partial charge < -0.3 is 15.4 Å². The van der Waals surface area contributed by atoms with Crippen molar-refractivity contribution in [3.8, 4) is 5.75 Å². The monoisotopic (exact) mass is 380 g/mol. The van der Waals surface area contributed by atoms with Crippen LogP contribution in [-0.2, 0) is 16.4 Å². The molecule has 2 amide bonds. The number of carbonyl (C=O) groups excluding carboxylic acids is 1. The lowest BCUT2D eigenvalue weighted by atomic mass is 10.1. The van der Waals surface area contributed by atoms with Crippen LogP contribution in [0.25, 0.3) is 0 Å². The molecule has 0 saturated carbocycles. The van der Waals surface area contributed by atoms with Crippen molar-refractivity contribution in [2.45, 2.75) is 13.0 Å². The van der Waals surface area contributed by atoms with Gasteiger partial charge in [-0.25, -0.2) is 13.2 Å². The Labute approximate surface area is 151 Å². The van der Waals surface area contributed by atoms with Crippen LogP contribution in [0, 0.1) is 5.92 Å². The minimum absolute atomic E-state index is 0.00350. The number of nitrogens with one attached hydrogen (secondary N) is 2. The van der Waals surface area contributed by atoms with E-state index in [0.717, 1.165) is 10.6 Å². The maximum absolute atomic E-state index is 11.9. The second kappa shape index (κ2) is 7.88. The van der Waals surface area contributed by atoms with Gasteiger partial charge in [0.2, 0.25) is 0 Å². The van der Waals surface area contributed by atoms with Gasteiger partial charge in [0.25, 0.3) is 0 Å². The zero-order valence-electron chi connectivity index (χ0n) is 13.6. The van der Waals surface area contributed by atoms with E-state index in [2.05, 4.69) is 10.6 Å². The van der Waals surface area contributed by atoms with Crippen LogP contribution in [0.2, 0.25) is 0 Å². The van der Waals surface area contributed by atoms with E-state index in [9.17, 15) is 13.2 Å². The fourth-order valence-electron chi connectivity index (χ4n) is 2.63. The number of thiophene rings is 1. The van der Waals surface area contributed by atoms with Crippen LogP contribution in [-0.4, -0.2) is 32.5 Å². The van der Waals surface area contributed by atoms with Gasteiger partial charge in [-0.15, -0.1) is 11.3 Å². The number of urea groups is 1. The summed E-state index contributed by atoms with van der Waals surface area (Å²) in [4.78, 5) is 13.0. The fourth-order valence-corrected chi connectivity index (χ4v) is 5.11. The molecule has 1 aliphatic heterocycles. The molecular formula is C17H20N2O4S2. The third-order valence-electron chi connectivity index (χ3n) is 3.95. The average molecular weight is 380 g/mol. The Morgan fingerprint density at radius 1 is 1.24 bits per heavy atom. The highest BCUT2D eigenvalue weighted by Crippen LogP contribution is 2.19. The molecule has 1 unspecified atom stereocenters. The molecule has 1 aromatic carbocycles. The molecule has 134 valence electrons. The molecule has 2 N–H and O–H groups in total. The van der Waals surface area contributed by atoms with Crippen LogP contribution >= 0.6 is 11.3 Å². The second-order valence-electron chi connectivity index (χ2n) is 6.00. The Bertz CT molecular complexity index is 802. The third-order valence-corrected chi connectivity index (χ3v) is 6.64. The molecule has 1 aromatic heterocycles. The van der Waals surface area contributed by atoms with Crippen LogP contribution in [0.3, 0.4) is 0 Å². The van der Waals surface area contributed by atoms with E-state index < -0.39 is 9.84 Å². The van der Waals surface area contributed by atoms with E-state index >= 15 is 0 Å². The maximum atomic E-state index is 11.9. The molecule has 0 radical (unpaired) electrons. The number of carbonyl (C=O) groups is 1. The lowest BCUT2D eigenvalue weighted by Gasteiger charge is -2.11. The average Bonchev–Trinajstić information content (AvgIpc) is 3.21. The predicted molar refractivity (Wildman–Crippen MR) is 98.9 cm³/mol. The molecule has 2 heterocycles. The summed E-state index contributed by atoms with van der Waals surface area (Å²) in [5, 5.41) is 7.46. The van der Waals surface area contributed by atoms with E-state index in [1.807, 2.05) is 17.5 Å². The number of hydrogen-bond donors (Lipinski definition) is 2. The van der Waals surface area contributed by atoms with E-state index in [1.54, 1.807) is 35.6 Å². The first-order valence-electron chi connectivity index (χ1n) is 8.01. The number of anilines is 1. The standard InChI is InChI=1S/C17H20N2O4S2/c20-17(18-10-13-7-9-25(21,22)12-13)19-14-3-5-15(6-4-14)23-11-16-2-1-8-24-16/h1-6,8,13H,7,9-12H2,(H2,18,19,20). The molecule has 0 aliphatic carbocycles. The van der Waals surface area contributed by atoms with Gasteiger partial charge >= 0.3 is 6.03 Å². The molecule has 8 heteroatoms. The van der Waals surface area contributed by atoms with Gasteiger partial charge in [-0.05, 0) is 48.1 Å². The first kappa shape index (κ1) is 17.8. The summed E-state index contributed by atoms with van der Waals surface area (Å²) < 4.78 is 28.5. The van der Waals surface area contributed by atoms with Gasteiger partial charge in [-0.1, -0.05) is 6.07 Å². The van der Waals surface area contributed by atoms with Crippen molar-refractivity contribution < 1.29 is 17.9 Å². The largest absolute Gasteiger partial charge is 0.488 e. The lowest BCUT2D eigenvalue weighted by molar-refractivity contribution is 0.250. The quantitative estimate of drug-likeness (QED) is 0.807. The Balaban J connectivity index is 1.42. The fraction of sp³-hybridized carbons (Fsp3) is 0.353. The Morgan fingerprint density at radius 3 is 2.68 bits per heavy atom. The van der Waals surface area contributed by atoms with Crippen molar-refractivity contribution in [1.29, 1.82) is 0 Å². The number of sulfone groups is 1. The zero-order chi connectivity index (χ0) is 17.7. The first-order valence-corrected chi connectivity index (χ1v) is 10.7. The number of hydrogen-bond acceptors (Lipinski definition) is 5. The molecule has 1 fully saturated rings. The van der Waals surface area contributed by atoms with Crippen LogP contribution in [0.4, 0.5) is 10.5 Å². The van der Waals surface area contributed by atoms with Crippen molar-refractivity contribution in [1.82, 2.24) is 5.32 Å². The lowest BCUT2D eigenvalue weighted by Crippen LogP contribution is -2.33. The summed E-state index contributed by atoms with van der Waals surface area (Å²) in [5.74, 6) is 1.11.